The zero-order chi connectivity index (χ0) is 24.0. The molecule has 0 saturated carbocycles. The van der Waals surface area contributed by atoms with E-state index in [0.717, 1.165) is 24.2 Å². The average molecular weight is 462 g/mol. The van der Waals surface area contributed by atoms with Crippen LogP contribution in [0.4, 0.5) is 5.69 Å². The Labute approximate surface area is 198 Å². The summed E-state index contributed by atoms with van der Waals surface area (Å²) in [5.74, 6) is 0.177. The summed E-state index contributed by atoms with van der Waals surface area (Å²) in [5, 5.41) is 0. The van der Waals surface area contributed by atoms with Gasteiger partial charge in [0, 0.05) is 44.4 Å². The highest BCUT2D eigenvalue weighted by molar-refractivity contribution is 6.53. The number of ether oxygens (including phenoxy) is 1. The number of furan rings is 1. The van der Waals surface area contributed by atoms with Crippen molar-refractivity contribution in [2.75, 3.05) is 44.7 Å². The van der Waals surface area contributed by atoms with Gasteiger partial charge < -0.3 is 14.1 Å². The van der Waals surface area contributed by atoms with Gasteiger partial charge in [0.2, 0.25) is 5.91 Å². The van der Waals surface area contributed by atoms with E-state index >= 15 is 0 Å². The fraction of sp³-hybridized carbons (Fsp3) is 0.346. The molecule has 8 heteroatoms. The smallest absolute Gasteiger partial charge is 0.300 e. The average Bonchev–Trinajstić information content (AvgIpc) is 3.43. The molecule has 1 aromatic heterocycles. The van der Waals surface area contributed by atoms with Crippen molar-refractivity contribution in [2.24, 2.45) is 0 Å². The molecule has 3 aliphatic rings. The lowest BCUT2D eigenvalue weighted by atomic mass is 9.87. The highest BCUT2D eigenvalue weighted by Crippen LogP contribution is 2.47. The maximum Gasteiger partial charge on any atom is 0.300 e. The number of hydrogen-bond acceptors (Lipinski definition) is 6. The summed E-state index contributed by atoms with van der Waals surface area (Å²) in [7, 11) is 1.56. The molecule has 0 radical (unpaired) electrons. The molecule has 0 aliphatic carbocycles. The zero-order valence-electron chi connectivity index (χ0n) is 19.5. The highest BCUT2D eigenvalue weighted by Gasteiger charge is 2.47. The van der Waals surface area contributed by atoms with Crippen LogP contribution in [-0.4, -0.2) is 72.8 Å². The summed E-state index contributed by atoms with van der Waals surface area (Å²) in [6.45, 7) is 7.25. The lowest BCUT2D eigenvalue weighted by Crippen LogP contribution is -2.50. The number of piperazine rings is 1. The van der Waals surface area contributed by atoms with Gasteiger partial charge in [0.05, 0.1) is 30.2 Å². The van der Waals surface area contributed by atoms with Gasteiger partial charge in [-0.05, 0) is 49.8 Å². The van der Waals surface area contributed by atoms with Crippen LogP contribution in [0, 0.1) is 0 Å². The third kappa shape index (κ3) is 3.74. The number of anilines is 1. The molecule has 1 fully saturated rings. The molecule has 0 bridgehead atoms. The Morgan fingerprint density at radius 3 is 2.56 bits per heavy atom. The largest absolute Gasteiger partial charge is 0.497 e. The first kappa shape index (κ1) is 22.2. The van der Waals surface area contributed by atoms with Crippen LogP contribution in [0.5, 0.6) is 5.75 Å². The van der Waals surface area contributed by atoms with Gasteiger partial charge in [-0.3, -0.25) is 24.2 Å². The minimum Gasteiger partial charge on any atom is -0.497 e. The van der Waals surface area contributed by atoms with Crippen LogP contribution >= 0.6 is 0 Å². The number of rotatable bonds is 5. The van der Waals surface area contributed by atoms with E-state index in [0.29, 0.717) is 42.4 Å². The summed E-state index contributed by atoms with van der Waals surface area (Å²) in [6, 6.07) is 7.14. The van der Waals surface area contributed by atoms with Gasteiger partial charge in [0.15, 0.2) is 0 Å². The van der Waals surface area contributed by atoms with Crippen molar-refractivity contribution in [1.29, 1.82) is 0 Å². The van der Waals surface area contributed by atoms with E-state index in [1.54, 1.807) is 48.6 Å². The molecule has 0 unspecified atom stereocenters. The summed E-state index contributed by atoms with van der Waals surface area (Å²) in [4.78, 5) is 43.7. The van der Waals surface area contributed by atoms with E-state index in [1.165, 1.54) is 0 Å². The Hall–Kier alpha value is -3.65. The van der Waals surface area contributed by atoms with Crippen molar-refractivity contribution in [3.63, 3.8) is 0 Å². The molecule has 1 saturated heterocycles. The Bertz CT molecular complexity index is 1220. The molecular weight excluding hydrogens is 434 g/mol. The normalized spacial score (nSPS) is 19.6. The maximum atomic E-state index is 12.8. The summed E-state index contributed by atoms with van der Waals surface area (Å²) in [5.41, 5.74) is 2.36. The SMILES string of the molecule is COc1cc2c3c(c1)C(CN1CCN(C(=O)/C=C/c4ccco4)CC1)=CC(C)(C)N3C(=O)C2=O. The van der Waals surface area contributed by atoms with Crippen LogP contribution < -0.4 is 9.64 Å². The molecule has 0 spiro atoms. The van der Waals surface area contributed by atoms with Crippen molar-refractivity contribution >= 4 is 34.9 Å². The number of ketones is 1. The van der Waals surface area contributed by atoms with Gasteiger partial charge in [-0.1, -0.05) is 6.08 Å². The predicted octanol–water partition coefficient (Wildman–Crippen LogP) is 2.85. The molecule has 8 nitrogen and oxygen atoms in total. The zero-order valence-corrected chi connectivity index (χ0v) is 19.5. The molecule has 1 aromatic carbocycles. The summed E-state index contributed by atoms with van der Waals surface area (Å²) in [6.07, 6.45) is 6.87. The van der Waals surface area contributed by atoms with Crippen molar-refractivity contribution in [2.45, 2.75) is 19.4 Å². The lowest BCUT2D eigenvalue weighted by molar-refractivity contribution is -0.127. The van der Waals surface area contributed by atoms with Gasteiger partial charge >= 0.3 is 0 Å². The number of amides is 2. The van der Waals surface area contributed by atoms with Crippen molar-refractivity contribution in [3.8, 4) is 5.75 Å². The monoisotopic (exact) mass is 461 g/mol. The Morgan fingerprint density at radius 1 is 1.15 bits per heavy atom. The Morgan fingerprint density at radius 2 is 1.88 bits per heavy atom. The predicted molar refractivity (Wildman–Crippen MR) is 128 cm³/mol. The van der Waals surface area contributed by atoms with E-state index in [-0.39, 0.29) is 5.91 Å². The Kier molecular flexibility index (Phi) is 5.40. The van der Waals surface area contributed by atoms with Gasteiger partial charge in [-0.15, -0.1) is 0 Å². The maximum absolute atomic E-state index is 12.8. The molecule has 2 aromatic rings. The number of methoxy groups -OCH3 is 1. The van der Waals surface area contributed by atoms with Crippen LogP contribution in [-0.2, 0) is 9.59 Å². The van der Waals surface area contributed by atoms with Gasteiger partial charge in [0.1, 0.15) is 11.5 Å². The van der Waals surface area contributed by atoms with E-state index < -0.39 is 17.2 Å². The first-order chi connectivity index (χ1) is 16.3. The van der Waals surface area contributed by atoms with E-state index in [4.69, 9.17) is 9.15 Å². The molecule has 5 rings (SSSR count). The van der Waals surface area contributed by atoms with Crippen LogP contribution in [0.2, 0.25) is 0 Å². The molecule has 34 heavy (non-hydrogen) atoms. The van der Waals surface area contributed by atoms with Crippen molar-refractivity contribution in [1.82, 2.24) is 9.80 Å². The highest BCUT2D eigenvalue weighted by atomic mass is 16.5. The van der Waals surface area contributed by atoms with Gasteiger partial charge in [-0.2, -0.15) is 0 Å². The van der Waals surface area contributed by atoms with Crippen molar-refractivity contribution in [3.05, 3.63) is 59.6 Å². The number of carbonyl (C=O) groups excluding carboxylic acids is 3. The van der Waals surface area contributed by atoms with Gasteiger partial charge in [-0.25, -0.2) is 0 Å². The second-order valence-corrected chi connectivity index (χ2v) is 9.31. The Balaban J connectivity index is 1.33. The van der Waals surface area contributed by atoms with Crippen molar-refractivity contribution < 1.29 is 23.5 Å². The molecule has 0 N–H and O–H groups in total. The molecule has 0 atom stereocenters. The van der Waals surface area contributed by atoms with Gasteiger partial charge in [0.25, 0.3) is 11.7 Å². The quantitative estimate of drug-likeness (QED) is 0.503. The van der Waals surface area contributed by atoms with E-state index in [2.05, 4.69) is 11.0 Å². The molecule has 2 amide bonds. The van der Waals surface area contributed by atoms with Crippen LogP contribution in [0.15, 0.2) is 47.1 Å². The summed E-state index contributed by atoms with van der Waals surface area (Å²) < 4.78 is 10.7. The van der Waals surface area contributed by atoms with Crippen LogP contribution in [0.25, 0.3) is 11.6 Å². The van der Waals surface area contributed by atoms with E-state index in [1.807, 2.05) is 24.8 Å². The molecule has 3 aliphatic heterocycles. The van der Waals surface area contributed by atoms with E-state index in [9.17, 15) is 14.4 Å². The lowest BCUT2D eigenvalue weighted by Gasteiger charge is -2.41. The second-order valence-electron chi connectivity index (χ2n) is 9.31. The number of hydrogen-bond donors (Lipinski definition) is 0. The standard InChI is InChI=1S/C26H27N3O5/c1-26(2)15-17(20-13-19(33-3)14-21-23(20)29(26)25(32)24(21)31)16-27-8-10-28(11-9-27)22(30)7-6-18-5-4-12-34-18/h4-7,12-15H,8-11,16H2,1-3H3/b7-6+. The van der Waals surface area contributed by atoms with Crippen LogP contribution in [0.1, 0.15) is 35.5 Å². The molecule has 4 heterocycles. The molecule has 176 valence electrons. The fourth-order valence-corrected chi connectivity index (χ4v) is 4.96. The second kappa shape index (κ2) is 8.29. The fourth-order valence-electron chi connectivity index (χ4n) is 4.96. The first-order valence-corrected chi connectivity index (χ1v) is 11.3. The number of carbonyl (C=O) groups is 3. The minimum atomic E-state index is -0.622. The molecular formula is C26H27N3O5. The third-order valence-corrected chi connectivity index (χ3v) is 6.65. The minimum absolute atomic E-state index is 0.0349. The third-order valence-electron chi connectivity index (χ3n) is 6.65. The van der Waals surface area contributed by atoms with Crippen LogP contribution in [0.3, 0.4) is 0 Å². The topological polar surface area (TPSA) is 83.3 Å². The number of Topliss-reactive ketones (excluding diaryl/α,β-unsaturated/α-hetero) is 1. The summed E-state index contributed by atoms with van der Waals surface area (Å²) >= 11 is 0. The number of benzene rings is 1. The number of nitrogens with zero attached hydrogens (tertiary/aromatic N) is 3. The first-order valence-electron chi connectivity index (χ1n) is 11.3.